The fraction of sp³-hybridized carbons (Fsp3) is 0.786. The monoisotopic (exact) mass is 235 g/mol. The van der Waals surface area contributed by atoms with Crippen molar-refractivity contribution < 1.29 is 0 Å². The summed E-state index contributed by atoms with van der Waals surface area (Å²) in [5.74, 6) is 0.876. The van der Waals surface area contributed by atoms with E-state index in [0.717, 1.165) is 18.2 Å². The van der Waals surface area contributed by atoms with Crippen LogP contribution in [0.2, 0.25) is 0 Å². The van der Waals surface area contributed by atoms with Crippen LogP contribution in [0.1, 0.15) is 50.3 Å². The van der Waals surface area contributed by atoms with E-state index in [1.807, 2.05) is 11.7 Å². The summed E-state index contributed by atoms with van der Waals surface area (Å²) in [6.45, 7) is 5.38. The fourth-order valence-electron chi connectivity index (χ4n) is 3.03. The maximum Gasteiger partial charge on any atom is 0.0638 e. The molecular weight excluding hydrogens is 210 g/mol. The number of nitrogens with zero attached hydrogens (tertiary/aromatic N) is 2. The molecule has 1 N–H and O–H groups in total. The molecule has 2 atom stereocenters. The first-order chi connectivity index (χ1) is 8.20. The molecule has 2 unspecified atom stereocenters. The number of hydrogen-bond donors (Lipinski definition) is 1. The third-order valence-electron chi connectivity index (χ3n) is 4.10. The molecule has 0 saturated heterocycles. The van der Waals surface area contributed by atoms with Gasteiger partial charge in [-0.2, -0.15) is 5.10 Å². The van der Waals surface area contributed by atoms with Crippen molar-refractivity contribution >= 4 is 0 Å². The van der Waals surface area contributed by atoms with Crippen LogP contribution in [0.15, 0.2) is 6.20 Å². The van der Waals surface area contributed by atoms with Crippen LogP contribution in [-0.4, -0.2) is 15.8 Å². The molecule has 1 saturated carbocycles. The molecule has 1 aromatic rings. The van der Waals surface area contributed by atoms with Crippen LogP contribution in [0.4, 0.5) is 0 Å². The standard InChI is InChI=1S/C14H25N3/c1-4-12-7-5-6-8-14(12)15-9-13-10-17(3)16-11(13)2/h10,12,14-15H,4-9H2,1-3H3. The highest BCUT2D eigenvalue weighted by Crippen LogP contribution is 2.27. The summed E-state index contributed by atoms with van der Waals surface area (Å²) in [7, 11) is 1.99. The molecule has 0 spiro atoms. The lowest BCUT2D eigenvalue weighted by atomic mass is 9.83. The molecule has 1 aliphatic rings. The van der Waals surface area contributed by atoms with Gasteiger partial charge >= 0.3 is 0 Å². The second-order valence-electron chi connectivity index (χ2n) is 5.35. The number of rotatable bonds is 4. The second kappa shape index (κ2) is 5.67. The Morgan fingerprint density at radius 3 is 2.82 bits per heavy atom. The van der Waals surface area contributed by atoms with Gasteiger partial charge in [0, 0.05) is 31.4 Å². The maximum atomic E-state index is 4.39. The average molecular weight is 235 g/mol. The molecule has 1 aliphatic carbocycles. The summed E-state index contributed by atoms with van der Waals surface area (Å²) in [6.07, 6.45) is 9.00. The van der Waals surface area contributed by atoms with Crippen LogP contribution in [0.25, 0.3) is 0 Å². The lowest BCUT2D eigenvalue weighted by Crippen LogP contribution is -2.37. The molecule has 1 heterocycles. The Balaban J connectivity index is 1.90. The largest absolute Gasteiger partial charge is 0.310 e. The Morgan fingerprint density at radius 1 is 1.41 bits per heavy atom. The predicted octanol–water partition coefficient (Wildman–Crippen LogP) is 2.79. The Labute approximate surface area is 105 Å². The van der Waals surface area contributed by atoms with E-state index in [-0.39, 0.29) is 0 Å². The SMILES string of the molecule is CCC1CCCCC1NCc1cn(C)nc1C. The van der Waals surface area contributed by atoms with Crippen molar-refractivity contribution in [3.05, 3.63) is 17.5 Å². The zero-order valence-electron chi connectivity index (χ0n) is 11.4. The van der Waals surface area contributed by atoms with Crippen LogP contribution in [0.5, 0.6) is 0 Å². The highest BCUT2D eigenvalue weighted by Gasteiger charge is 2.23. The van der Waals surface area contributed by atoms with Crippen LogP contribution >= 0.6 is 0 Å². The second-order valence-corrected chi connectivity index (χ2v) is 5.35. The van der Waals surface area contributed by atoms with Gasteiger partial charge in [-0.15, -0.1) is 0 Å². The lowest BCUT2D eigenvalue weighted by molar-refractivity contribution is 0.254. The molecule has 3 heteroatoms. The summed E-state index contributed by atoms with van der Waals surface area (Å²) in [4.78, 5) is 0. The molecule has 0 aromatic carbocycles. The van der Waals surface area contributed by atoms with Crippen molar-refractivity contribution in [1.29, 1.82) is 0 Å². The van der Waals surface area contributed by atoms with Gasteiger partial charge in [0.25, 0.3) is 0 Å². The Hall–Kier alpha value is -0.830. The molecule has 3 nitrogen and oxygen atoms in total. The molecule has 0 aliphatic heterocycles. The van der Waals surface area contributed by atoms with Crippen LogP contribution in [0, 0.1) is 12.8 Å². The smallest absolute Gasteiger partial charge is 0.0638 e. The Morgan fingerprint density at radius 2 is 2.18 bits per heavy atom. The molecule has 2 rings (SSSR count). The third kappa shape index (κ3) is 3.09. The van der Waals surface area contributed by atoms with Gasteiger partial charge in [0.15, 0.2) is 0 Å². The zero-order valence-corrected chi connectivity index (χ0v) is 11.4. The molecule has 1 aromatic heterocycles. The van der Waals surface area contributed by atoms with Crippen molar-refractivity contribution in [3.8, 4) is 0 Å². The van der Waals surface area contributed by atoms with E-state index in [4.69, 9.17) is 0 Å². The molecule has 96 valence electrons. The van der Waals surface area contributed by atoms with Gasteiger partial charge < -0.3 is 5.32 Å². The van der Waals surface area contributed by atoms with E-state index < -0.39 is 0 Å². The highest BCUT2D eigenvalue weighted by atomic mass is 15.2. The summed E-state index contributed by atoms with van der Waals surface area (Å²) >= 11 is 0. The van der Waals surface area contributed by atoms with Crippen molar-refractivity contribution in [3.63, 3.8) is 0 Å². The Kier molecular flexibility index (Phi) is 4.21. The van der Waals surface area contributed by atoms with E-state index in [9.17, 15) is 0 Å². The van der Waals surface area contributed by atoms with E-state index in [2.05, 4.69) is 30.5 Å². The summed E-state index contributed by atoms with van der Waals surface area (Å²) in [5.41, 5.74) is 2.50. The van der Waals surface area contributed by atoms with Gasteiger partial charge in [0.05, 0.1) is 5.69 Å². The van der Waals surface area contributed by atoms with Crippen molar-refractivity contribution in [2.75, 3.05) is 0 Å². The predicted molar refractivity (Wildman–Crippen MR) is 70.8 cm³/mol. The van der Waals surface area contributed by atoms with Crippen LogP contribution in [-0.2, 0) is 13.6 Å². The first kappa shape index (κ1) is 12.6. The van der Waals surface area contributed by atoms with Crippen molar-refractivity contribution in [1.82, 2.24) is 15.1 Å². The summed E-state index contributed by atoms with van der Waals surface area (Å²) < 4.78 is 1.91. The molecule has 0 amide bonds. The third-order valence-corrected chi connectivity index (χ3v) is 4.10. The van der Waals surface area contributed by atoms with Crippen molar-refractivity contribution in [2.24, 2.45) is 13.0 Å². The lowest BCUT2D eigenvalue weighted by Gasteiger charge is -2.31. The quantitative estimate of drug-likeness (QED) is 0.869. The summed E-state index contributed by atoms with van der Waals surface area (Å²) in [5, 5.41) is 8.13. The zero-order chi connectivity index (χ0) is 12.3. The normalized spacial score (nSPS) is 25.1. The minimum atomic E-state index is 0.716. The number of hydrogen-bond acceptors (Lipinski definition) is 2. The first-order valence-electron chi connectivity index (χ1n) is 6.93. The maximum absolute atomic E-state index is 4.39. The van der Waals surface area contributed by atoms with Gasteiger partial charge in [0.1, 0.15) is 0 Å². The number of aromatic nitrogens is 2. The van der Waals surface area contributed by atoms with Gasteiger partial charge in [-0.25, -0.2) is 0 Å². The van der Waals surface area contributed by atoms with Crippen LogP contribution < -0.4 is 5.32 Å². The minimum Gasteiger partial charge on any atom is -0.310 e. The summed E-state index contributed by atoms with van der Waals surface area (Å²) in [6, 6.07) is 0.716. The van der Waals surface area contributed by atoms with Gasteiger partial charge in [-0.1, -0.05) is 26.2 Å². The molecule has 17 heavy (non-hydrogen) atoms. The number of nitrogens with one attached hydrogen (secondary N) is 1. The highest BCUT2D eigenvalue weighted by molar-refractivity contribution is 5.15. The molecule has 0 radical (unpaired) electrons. The molecular formula is C14H25N3. The minimum absolute atomic E-state index is 0.716. The average Bonchev–Trinajstić information content (AvgIpc) is 2.65. The fourth-order valence-corrected chi connectivity index (χ4v) is 3.03. The van der Waals surface area contributed by atoms with E-state index in [1.54, 1.807) is 0 Å². The molecule has 0 bridgehead atoms. The van der Waals surface area contributed by atoms with Crippen LogP contribution in [0.3, 0.4) is 0 Å². The van der Waals surface area contributed by atoms with E-state index in [0.29, 0.717) is 6.04 Å². The van der Waals surface area contributed by atoms with Gasteiger partial charge in [-0.3, -0.25) is 4.68 Å². The Bertz CT molecular complexity index is 356. The topological polar surface area (TPSA) is 29.9 Å². The first-order valence-corrected chi connectivity index (χ1v) is 6.93. The van der Waals surface area contributed by atoms with E-state index >= 15 is 0 Å². The van der Waals surface area contributed by atoms with Gasteiger partial charge in [-0.05, 0) is 25.7 Å². The molecule has 1 fully saturated rings. The van der Waals surface area contributed by atoms with E-state index in [1.165, 1.54) is 37.7 Å². The van der Waals surface area contributed by atoms with Gasteiger partial charge in [0.2, 0.25) is 0 Å². The number of aryl methyl sites for hydroxylation is 2. The van der Waals surface area contributed by atoms with Crippen molar-refractivity contribution in [2.45, 2.75) is 58.5 Å².